The van der Waals surface area contributed by atoms with Crippen molar-refractivity contribution in [1.82, 2.24) is 9.80 Å². The molecule has 2 N–H and O–H groups in total. The van der Waals surface area contributed by atoms with Crippen LogP contribution in [0, 0.1) is 5.92 Å². The number of nitrogens with two attached hydrogens (primary N) is 1. The predicted octanol–water partition coefficient (Wildman–Crippen LogP) is 1.91. The average Bonchev–Trinajstić information content (AvgIpc) is 3.42. The van der Waals surface area contributed by atoms with Crippen LogP contribution in [0.4, 0.5) is 5.69 Å². The molecular formula is C25H35N7O4. The molecule has 0 spiro atoms. The molecule has 4 atom stereocenters. The monoisotopic (exact) mass is 497 g/mol. The second-order valence-corrected chi connectivity index (χ2v) is 10.2. The third-order valence-corrected chi connectivity index (χ3v) is 7.51. The largest absolute Gasteiger partial charge is 0.369 e. The fraction of sp³-hybridized carbons (Fsp3) is 0.640. The van der Waals surface area contributed by atoms with Gasteiger partial charge in [0.15, 0.2) is 5.78 Å². The van der Waals surface area contributed by atoms with Gasteiger partial charge in [-0.2, -0.15) is 0 Å². The van der Waals surface area contributed by atoms with E-state index in [1.54, 1.807) is 6.07 Å². The van der Waals surface area contributed by atoms with Gasteiger partial charge in [0.05, 0.1) is 18.1 Å². The number of rotatable bonds is 8. The number of carbonyl (C=O) groups is 3. The minimum absolute atomic E-state index is 0.100. The normalized spacial score (nSPS) is 25.1. The molecule has 0 aliphatic carbocycles. The van der Waals surface area contributed by atoms with Crippen LogP contribution in [-0.4, -0.2) is 91.5 Å². The first-order valence-corrected chi connectivity index (χ1v) is 12.6. The van der Waals surface area contributed by atoms with Crippen molar-refractivity contribution >= 4 is 23.3 Å². The number of amides is 2. The Morgan fingerprint density at radius 1 is 1.25 bits per heavy atom. The molecule has 3 saturated heterocycles. The van der Waals surface area contributed by atoms with Crippen LogP contribution in [0.15, 0.2) is 23.3 Å². The lowest BCUT2D eigenvalue weighted by molar-refractivity contribution is -0.138. The molecule has 0 aromatic heterocycles. The molecule has 0 radical (unpaired) electrons. The summed E-state index contributed by atoms with van der Waals surface area (Å²) in [7, 11) is 0. The molecule has 0 saturated carbocycles. The van der Waals surface area contributed by atoms with Gasteiger partial charge in [0, 0.05) is 48.9 Å². The van der Waals surface area contributed by atoms with Gasteiger partial charge in [0.2, 0.25) is 11.8 Å². The summed E-state index contributed by atoms with van der Waals surface area (Å²) in [5.74, 6) is -1.62. The molecule has 0 unspecified atom stereocenters. The van der Waals surface area contributed by atoms with E-state index in [0.29, 0.717) is 17.5 Å². The van der Waals surface area contributed by atoms with E-state index >= 15 is 0 Å². The summed E-state index contributed by atoms with van der Waals surface area (Å²) < 4.78 is 5.59. The maximum Gasteiger partial charge on any atom is 0.249 e. The van der Waals surface area contributed by atoms with Crippen molar-refractivity contribution in [3.05, 3.63) is 39.8 Å². The molecule has 1 aromatic rings. The predicted molar refractivity (Wildman–Crippen MR) is 135 cm³/mol. The molecule has 1 aromatic carbocycles. The fourth-order valence-electron chi connectivity index (χ4n) is 5.64. The zero-order chi connectivity index (χ0) is 26.0. The van der Waals surface area contributed by atoms with Crippen LogP contribution < -0.4 is 10.6 Å². The standard InChI is InChI=1S/C25H35N7O4/c1-4-30-7-9-31(10-8-30)16-5-6-17(24(26)34)18(12-16)19(11-15(2)3)25(35)32-13-20(28-29-27)23-22(32)21(33)14-36-23/h5-6,12,15,19-20,22-23H,4,7-11,13-14H2,1-3H3,(H2,26,34)/t19-,20+,22+,23+/m0/s1. The molecule has 3 aliphatic rings. The Labute approximate surface area is 211 Å². The summed E-state index contributed by atoms with van der Waals surface area (Å²) in [5.41, 5.74) is 16.6. The van der Waals surface area contributed by atoms with E-state index in [2.05, 4.69) is 26.7 Å². The van der Waals surface area contributed by atoms with Gasteiger partial charge in [0.1, 0.15) is 12.6 Å². The molecule has 11 nitrogen and oxygen atoms in total. The lowest BCUT2D eigenvalue weighted by atomic mass is 9.85. The van der Waals surface area contributed by atoms with Crippen LogP contribution in [0.2, 0.25) is 0 Å². The molecule has 4 rings (SSSR count). The third-order valence-electron chi connectivity index (χ3n) is 7.51. The Kier molecular flexibility index (Phi) is 7.82. The number of ether oxygens (including phenoxy) is 1. The number of anilines is 1. The van der Waals surface area contributed by atoms with Crippen LogP contribution in [-0.2, 0) is 14.3 Å². The second kappa shape index (κ2) is 10.9. The first kappa shape index (κ1) is 25.9. The van der Waals surface area contributed by atoms with Crippen molar-refractivity contribution in [2.24, 2.45) is 16.8 Å². The Hall–Kier alpha value is -3.14. The first-order valence-electron chi connectivity index (χ1n) is 12.6. The molecule has 11 heteroatoms. The van der Waals surface area contributed by atoms with E-state index in [9.17, 15) is 14.4 Å². The highest BCUT2D eigenvalue weighted by Crippen LogP contribution is 2.37. The summed E-state index contributed by atoms with van der Waals surface area (Å²) in [6, 6.07) is 4.09. The zero-order valence-electron chi connectivity index (χ0n) is 21.2. The fourth-order valence-corrected chi connectivity index (χ4v) is 5.64. The number of fused-ring (bicyclic) bond motifs is 1. The molecule has 2 amide bonds. The second-order valence-electron chi connectivity index (χ2n) is 10.2. The highest BCUT2D eigenvalue weighted by molar-refractivity contribution is 5.99. The maximum absolute atomic E-state index is 14.1. The average molecular weight is 498 g/mol. The molecule has 194 valence electrons. The molecule has 3 heterocycles. The van der Waals surface area contributed by atoms with E-state index in [1.165, 1.54) is 4.90 Å². The smallest absolute Gasteiger partial charge is 0.249 e. The molecule has 0 bridgehead atoms. The van der Waals surface area contributed by atoms with Gasteiger partial charge in [-0.15, -0.1) is 0 Å². The van der Waals surface area contributed by atoms with Crippen molar-refractivity contribution in [1.29, 1.82) is 0 Å². The number of benzene rings is 1. The van der Waals surface area contributed by atoms with Crippen molar-refractivity contribution in [2.45, 2.75) is 51.3 Å². The van der Waals surface area contributed by atoms with Crippen LogP contribution in [0.1, 0.15) is 49.0 Å². The van der Waals surface area contributed by atoms with Crippen molar-refractivity contribution in [3.8, 4) is 0 Å². The van der Waals surface area contributed by atoms with Gasteiger partial charge < -0.3 is 25.2 Å². The lowest BCUT2D eigenvalue weighted by Gasteiger charge is -2.36. The number of hydrogen-bond acceptors (Lipinski definition) is 7. The van der Waals surface area contributed by atoms with Gasteiger partial charge in [-0.1, -0.05) is 25.9 Å². The summed E-state index contributed by atoms with van der Waals surface area (Å²) in [5, 5.41) is 3.79. The molecule has 3 aliphatic heterocycles. The summed E-state index contributed by atoms with van der Waals surface area (Å²) in [6.07, 6.45) is -0.171. The summed E-state index contributed by atoms with van der Waals surface area (Å²) in [6.45, 7) is 10.7. The third kappa shape index (κ3) is 5.04. The maximum atomic E-state index is 14.1. The SMILES string of the molecule is CCN1CCN(c2ccc(C(N)=O)c([C@H](CC(C)C)C(=O)N3C[C@@H](N=[N+]=[N-])[C@H]4OCC(=O)[C@H]43)c2)CC1. The summed E-state index contributed by atoms with van der Waals surface area (Å²) >= 11 is 0. The molecule has 36 heavy (non-hydrogen) atoms. The number of azide groups is 1. The number of ketones is 1. The van der Waals surface area contributed by atoms with E-state index in [4.69, 9.17) is 16.0 Å². The highest BCUT2D eigenvalue weighted by atomic mass is 16.5. The number of likely N-dealkylation sites (N-methyl/N-ethyl adjacent to an activating group) is 1. The van der Waals surface area contributed by atoms with E-state index < -0.39 is 30.0 Å². The van der Waals surface area contributed by atoms with Crippen LogP contribution in [0.25, 0.3) is 10.4 Å². The van der Waals surface area contributed by atoms with Gasteiger partial charge in [-0.05, 0) is 48.2 Å². The molecular weight excluding hydrogens is 462 g/mol. The Bertz CT molecular complexity index is 1060. The first-order chi connectivity index (χ1) is 17.2. The van der Waals surface area contributed by atoms with Gasteiger partial charge >= 0.3 is 0 Å². The van der Waals surface area contributed by atoms with E-state index in [1.807, 2.05) is 26.0 Å². The van der Waals surface area contributed by atoms with Crippen LogP contribution >= 0.6 is 0 Å². The Morgan fingerprint density at radius 3 is 2.58 bits per heavy atom. The lowest BCUT2D eigenvalue weighted by Crippen LogP contribution is -2.46. The minimum Gasteiger partial charge on any atom is -0.369 e. The van der Waals surface area contributed by atoms with Crippen LogP contribution in [0.3, 0.4) is 0 Å². The number of carbonyl (C=O) groups excluding carboxylic acids is 3. The van der Waals surface area contributed by atoms with E-state index in [-0.39, 0.29) is 30.8 Å². The summed E-state index contributed by atoms with van der Waals surface area (Å²) in [4.78, 5) is 48.2. The van der Waals surface area contributed by atoms with Crippen LogP contribution in [0.5, 0.6) is 0 Å². The number of likely N-dealkylation sites (tertiary alicyclic amines) is 1. The van der Waals surface area contributed by atoms with Gasteiger partial charge in [0.25, 0.3) is 0 Å². The zero-order valence-corrected chi connectivity index (χ0v) is 21.2. The van der Waals surface area contributed by atoms with Gasteiger partial charge in [-0.25, -0.2) is 0 Å². The van der Waals surface area contributed by atoms with Crippen molar-refractivity contribution < 1.29 is 19.1 Å². The quantitative estimate of drug-likeness (QED) is 0.330. The van der Waals surface area contributed by atoms with E-state index in [0.717, 1.165) is 38.4 Å². The van der Waals surface area contributed by atoms with Gasteiger partial charge in [-0.3, -0.25) is 14.4 Å². The number of hydrogen-bond donors (Lipinski definition) is 1. The molecule has 3 fully saturated rings. The number of piperazine rings is 1. The highest BCUT2D eigenvalue weighted by Gasteiger charge is 2.53. The number of primary amides is 1. The van der Waals surface area contributed by atoms with Crippen molar-refractivity contribution in [2.75, 3.05) is 50.8 Å². The Morgan fingerprint density at radius 2 is 1.97 bits per heavy atom. The minimum atomic E-state index is -0.787. The van der Waals surface area contributed by atoms with Crippen molar-refractivity contribution in [3.63, 3.8) is 0 Å². The Balaban J connectivity index is 1.71. The number of nitrogens with zero attached hydrogens (tertiary/aromatic N) is 6. The number of Topliss-reactive ketones (excluding diaryl/α,β-unsaturated/α-hetero) is 1. The topological polar surface area (TPSA) is 145 Å².